The minimum absolute atomic E-state index is 0.107. The second-order valence-corrected chi connectivity index (χ2v) is 8.86. The molecule has 0 aliphatic rings. The number of rotatable bonds is 7. The van der Waals surface area contributed by atoms with E-state index >= 15 is 0 Å². The maximum Gasteiger partial charge on any atom is 0.262 e. The standard InChI is InChI=1S/C27H22BrClN2O3/c1-2-31(24-9-5-7-18-6-3-4-8-22(18)24)27(33)19-10-13-21(14-11-19)30-26(32)17-34-25-15-12-20(28)16-23(25)29/h3-16H,2,17H2,1H3,(H,30,32). The lowest BCUT2D eigenvalue weighted by molar-refractivity contribution is -0.118. The molecular weight excluding hydrogens is 516 g/mol. The fourth-order valence-corrected chi connectivity index (χ4v) is 4.38. The van der Waals surface area contributed by atoms with Gasteiger partial charge in [0, 0.05) is 27.7 Å². The van der Waals surface area contributed by atoms with Gasteiger partial charge >= 0.3 is 0 Å². The molecule has 5 nitrogen and oxygen atoms in total. The highest BCUT2D eigenvalue weighted by Crippen LogP contribution is 2.29. The summed E-state index contributed by atoms with van der Waals surface area (Å²) in [5, 5.41) is 5.28. The summed E-state index contributed by atoms with van der Waals surface area (Å²) in [6.07, 6.45) is 0. The average Bonchev–Trinajstić information content (AvgIpc) is 2.84. The van der Waals surface area contributed by atoms with E-state index in [4.69, 9.17) is 16.3 Å². The summed E-state index contributed by atoms with van der Waals surface area (Å²) in [7, 11) is 0. The maximum absolute atomic E-state index is 13.3. The van der Waals surface area contributed by atoms with E-state index in [1.165, 1.54) is 0 Å². The molecular formula is C27H22BrClN2O3. The van der Waals surface area contributed by atoms with E-state index in [2.05, 4.69) is 21.2 Å². The number of hydrogen-bond acceptors (Lipinski definition) is 3. The van der Waals surface area contributed by atoms with E-state index in [9.17, 15) is 9.59 Å². The molecule has 4 aromatic rings. The van der Waals surface area contributed by atoms with Crippen LogP contribution < -0.4 is 15.0 Å². The zero-order valence-corrected chi connectivity index (χ0v) is 20.8. The molecule has 1 N–H and O–H groups in total. The first-order valence-corrected chi connectivity index (χ1v) is 11.9. The number of carbonyl (C=O) groups excluding carboxylic acids is 2. The predicted molar refractivity (Wildman–Crippen MR) is 141 cm³/mol. The Morgan fingerprint density at radius 1 is 0.971 bits per heavy atom. The Balaban J connectivity index is 1.43. The van der Waals surface area contributed by atoms with Crippen molar-refractivity contribution in [2.75, 3.05) is 23.4 Å². The van der Waals surface area contributed by atoms with Crippen LogP contribution in [0.1, 0.15) is 17.3 Å². The van der Waals surface area contributed by atoms with Crippen molar-refractivity contribution < 1.29 is 14.3 Å². The van der Waals surface area contributed by atoms with Gasteiger partial charge in [0.05, 0.1) is 10.7 Å². The van der Waals surface area contributed by atoms with E-state index < -0.39 is 0 Å². The quantitative estimate of drug-likeness (QED) is 0.278. The molecule has 4 rings (SSSR count). The van der Waals surface area contributed by atoms with Crippen LogP contribution in [0, 0.1) is 0 Å². The summed E-state index contributed by atoms with van der Waals surface area (Å²) in [6.45, 7) is 2.29. The maximum atomic E-state index is 13.3. The Labute approximate surface area is 211 Å². The van der Waals surface area contributed by atoms with Gasteiger partial charge in [-0.05, 0) is 60.8 Å². The van der Waals surface area contributed by atoms with Gasteiger partial charge in [-0.15, -0.1) is 0 Å². The largest absolute Gasteiger partial charge is 0.482 e. The first kappa shape index (κ1) is 23.8. The van der Waals surface area contributed by atoms with Crippen LogP contribution in [-0.4, -0.2) is 25.0 Å². The van der Waals surface area contributed by atoms with Crippen molar-refractivity contribution in [2.45, 2.75) is 6.92 Å². The summed E-state index contributed by atoms with van der Waals surface area (Å²) in [4.78, 5) is 27.3. The molecule has 2 amide bonds. The minimum Gasteiger partial charge on any atom is -0.482 e. The summed E-state index contributed by atoms with van der Waals surface area (Å²) < 4.78 is 6.32. The highest BCUT2D eigenvalue weighted by molar-refractivity contribution is 9.10. The summed E-state index contributed by atoms with van der Waals surface area (Å²) >= 11 is 9.44. The zero-order chi connectivity index (χ0) is 24.1. The number of benzene rings is 4. The van der Waals surface area contributed by atoms with Gasteiger partial charge in [-0.2, -0.15) is 0 Å². The van der Waals surface area contributed by atoms with E-state index in [-0.39, 0.29) is 18.4 Å². The molecule has 4 aromatic carbocycles. The Morgan fingerprint density at radius 2 is 1.71 bits per heavy atom. The number of hydrogen-bond donors (Lipinski definition) is 1. The number of fused-ring (bicyclic) bond motifs is 1. The Bertz CT molecular complexity index is 1340. The van der Waals surface area contributed by atoms with Gasteiger partial charge in [0.1, 0.15) is 5.75 Å². The van der Waals surface area contributed by atoms with Gasteiger partial charge in [-0.3, -0.25) is 9.59 Å². The summed E-state index contributed by atoms with van der Waals surface area (Å²) in [5.41, 5.74) is 1.97. The minimum atomic E-state index is -0.330. The van der Waals surface area contributed by atoms with Crippen molar-refractivity contribution in [3.63, 3.8) is 0 Å². The van der Waals surface area contributed by atoms with Crippen LogP contribution in [-0.2, 0) is 4.79 Å². The molecule has 0 saturated heterocycles. The molecule has 0 unspecified atom stereocenters. The average molecular weight is 538 g/mol. The predicted octanol–water partition coefficient (Wildman–Crippen LogP) is 6.94. The highest BCUT2D eigenvalue weighted by Gasteiger charge is 2.18. The van der Waals surface area contributed by atoms with Gasteiger partial charge < -0.3 is 15.0 Å². The molecule has 0 aromatic heterocycles. The molecule has 0 radical (unpaired) electrons. The Kier molecular flexibility index (Phi) is 7.50. The van der Waals surface area contributed by atoms with Gasteiger partial charge in [-0.1, -0.05) is 63.9 Å². The molecule has 0 saturated carbocycles. The molecule has 172 valence electrons. The number of nitrogens with zero attached hydrogens (tertiary/aromatic N) is 1. The van der Waals surface area contributed by atoms with Gasteiger partial charge in [0.25, 0.3) is 11.8 Å². The smallest absolute Gasteiger partial charge is 0.262 e. The number of nitrogens with one attached hydrogen (secondary N) is 1. The van der Waals surface area contributed by atoms with Crippen LogP contribution in [0.25, 0.3) is 10.8 Å². The molecule has 0 atom stereocenters. The molecule has 0 fully saturated rings. The van der Waals surface area contributed by atoms with Crippen LogP contribution in [0.4, 0.5) is 11.4 Å². The SMILES string of the molecule is CCN(C(=O)c1ccc(NC(=O)COc2ccc(Br)cc2Cl)cc1)c1cccc2ccccc12. The van der Waals surface area contributed by atoms with Crippen LogP contribution in [0.5, 0.6) is 5.75 Å². The van der Waals surface area contributed by atoms with Crippen LogP contribution >= 0.6 is 27.5 Å². The fraction of sp³-hybridized carbons (Fsp3) is 0.111. The number of anilines is 2. The van der Waals surface area contributed by atoms with Gasteiger partial charge in [-0.25, -0.2) is 0 Å². The summed E-state index contributed by atoms with van der Waals surface area (Å²) in [5.74, 6) is -0.0111. The lowest BCUT2D eigenvalue weighted by Crippen LogP contribution is -2.30. The Hall–Kier alpha value is -3.35. The Morgan fingerprint density at radius 3 is 2.44 bits per heavy atom. The van der Waals surface area contributed by atoms with Crippen molar-refractivity contribution in [2.24, 2.45) is 0 Å². The number of amides is 2. The highest BCUT2D eigenvalue weighted by atomic mass is 79.9. The molecule has 34 heavy (non-hydrogen) atoms. The third-order valence-electron chi connectivity index (χ3n) is 5.29. The third-order valence-corrected chi connectivity index (χ3v) is 6.08. The first-order chi connectivity index (χ1) is 16.5. The van der Waals surface area contributed by atoms with Crippen molar-refractivity contribution in [1.82, 2.24) is 0 Å². The van der Waals surface area contributed by atoms with E-state index in [1.54, 1.807) is 47.4 Å². The van der Waals surface area contributed by atoms with Crippen molar-refractivity contribution in [3.05, 3.63) is 100.0 Å². The van der Waals surface area contributed by atoms with E-state index in [0.29, 0.717) is 28.6 Å². The number of ether oxygens (including phenoxy) is 1. The van der Waals surface area contributed by atoms with Crippen LogP contribution in [0.15, 0.2) is 89.4 Å². The first-order valence-electron chi connectivity index (χ1n) is 10.7. The lowest BCUT2D eigenvalue weighted by atomic mass is 10.1. The second-order valence-electron chi connectivity index (χ2n) is 7.54. The van der Waals surface area contributed by atoms with Gasteiger partial charge in [0.2, 0.25) is 0 Å². The molecule has 0 heterocycles. The van der Waals surface area contributed by atoms with Crippen molar-refractivity contribution in [1.29, 1.82) is 0 Å². The normalized spacial score (nSPS) is 10.7. The second kappa shape index (κ2) is 10.7. The molecule has 0 spiro atoms. The molecule has 0 aliphatic carbocycles. The van der Waals surface area contributed by atoms with E-state index in [0.717, 1.165) is 20.9 Å². The third kappa shape index (κ3) is 5.41. The zero-order valence-electron chi connectivity index (χ0n) is 18.4. The summed E-state index contributed by atoms with van der Waals surface area (Å²) in [6, 6.07) is 25.9. The van der Waals surface area contributed by atoms with Crippen LogP contribution in [0.2, 0.25) is 5.02 Å². The van der Waals surface area contributed by atoms with E-state index in [1.807, 2.05) is 49.4 Å². The van der Waals surface area contributed by atoms with Crippen molar-refractivity contribution in [3.8, 4) is 5.75 Å². The number of carbonyl (C=O) groups is 2. The van der Waals surface area contributed by atoms with Gasteiger partial charge in [0.15, 0.2) is 6.61 Å². The fourth-order valence-electron chi connectivity index (χ4n) is 3.65. The lowest BCUT2D eigenvalue weighted by Gasteiger charge is -2.23. The van der Waals surface area contributed by atoms with Crippen LogP contribution in [0.3, 0.4) is 0 Å². The molecule has 0 aliphatic heterocycles. The molecule has 0 bridgehead atoms. The number of halogens is 2. The topological polar surface area (TPSA) is 58.6 Å². The molecule has 7 heteroatoms. The monoisotopic (exact) mass is 536 g/mol. The van der Waals surface area contributed by atoms with Crippen molar-refractivity contribution >= 4 is 61.5 Å².